The smallest absolute Gasteiger partial charge is 0.110 e. The lowest BCUT2D eigenvalue weighted by Gasteiger charge is -2.27. The molecule has 0 unspecified atom stereocenters. The molecule has 0 saturated heterocycles. The van der Waals surface area contributed by atoms with Gasteiger partial charge in [-0.15, -0.1) is 11.8 Å². The minimum absolute atomic E-state index is 0.508. The second-order valence-electron chi connectivity index (χ2n) is 11.1. The number of rotatable bonds is 8. The Bertz CT molecular complexity index is 1050. The zero-order valence-corrected chi connectivity index (χ0v) is 25.4. The zero-order chi connectivity index (χ0) is 27.6. The molecule has 0 atom stereocenters. The van der Waals surface area contributed by atoms with Gasteiger partial charge >= 0.3 is 0 Å². The van der Waals surface area contributed by atoms with E-state index in [1.807, 2.05) is 13.8 Å². The van der Waals surface area contributed by atoms with Crippen molar-refractivity contribution in [3.05, 3.63) is 82.2 Å². The third kappa shape index (κ3) is 9.67. The number of hydrogen-bond acceptors (Lipinski definition) is 2. The molecule has 1 aliphatic carbocycles. The van der Waals surface area contributed by atoms with E-state index in [0.717, 1.165) is 49.0 Å². The predicted octanol–water partition coefficient (Wildman–Crippen LogP) is 11.0. The molecule has 1 aliphatic heterocycles. The molecule has 0 amide bonds. The molecule has 1 nitrogen and oxygen atoms in total. The maximum absolute atomic E-state index is 13.3. The van der Waals surface area contributed by atoms with Crippen molar-refractivity contribution in [3.8, 4) is 0 Å². The highest BCUT2D eigenvalue weighted by molar-refractivity contribution is 7.98. The summed E-state index contributed by atoms with van der Waals surface area (Å²) >= 11 is 1.79. The second-order valence-corrected chi connectivity index (χ2v) is 11.9. The number of alkyl halides is 1. The standard InChI is InChI=1S/C26H34OS.C8H15F/c1-17(2)12-24(23-10-9-11-25(15-23)28-8)14-18(3)13-19(4)26-21(6)20(5)16-27-22(26)7;1-2-8(9)6-4-3-5-7-8/h9-13,15,17H,4,14,16H2,1-3,5-8H3;2-7H2,1H3/b18-13-,24-12+;. The average Bonchev–Trinajstić information content (AvgIpc) is 2.86. The Morgan fingerprint density at radius 1 is 1.16 bits per heavy atom. The third-order valence-electron chi connectivity index (χ3n) is 7.44. The monoisotopic (exact) mass is 524 g/mol. The molecule has 0 bridgehead atoms. The van der Waals surface area contributed by atoms with Crippen LogP contribution in [0.15, 0.2) is 81.5 Å². The van der Waals surface area contributed by atoms with E-state index in [2.05, 4.69) is 83.9 Å². The molecule has 1 aromatic carbocycles. The van der Waals surface area contributed by atoms with Gasteiger partial charge < -0.3 is 4.74 Å². The molecule has 3 rings (SSSR count). The fourth-order valence-electron chi connectivity index (χ4n) is 5.08. The van der Waals surface area contributed by atoms with E-state index in [-0.39, 0.29) is 0 Å². The maximum Gasteiger partial charge on any atom is 0.110 e. The molecular weight excluding hydrogens is 475 g/mol. The van der Waals surface area contributed by atoms with Crippen molar-refractivity contribution in [2.24, 2.45) is 5.92 Å². The number of allylic oxidation sites excluding steroid dienone is 8. The van der Waals surface area contributed by atoms with Gasteiger partial charge in [0.25, 0.3) is 0 Å². The van der Waals surface area contributed by atoms with E-state index in [1.165, 1.54) is 39.2 Å². The van der Waals surface area contributed by atoms with Crippen molar-refractivity contribution < 1.29 is 9.13 Å². The summed E-state index contributed by atoms with van der Waals surface area (Å²) in [6.45, 7) is 20.0. The van der Waals surface area contributed by atoms with Crippen molar-refractivity contribution in [2.45, 2.75) is 104 Å². The summed E-state index contributed by atoms with van der Waals surface area (Å²) in [5.74, 6) is 1.48. The van der Waals surface area contributed by atoms with Gasteiger partial charge in [0.1, 0.15) is 18.0 Å². The van der Waals surface area contributed by atoms with E-state index >= 15 is 0 Å². The molecule has 0 radical (unpaired) electrons. The minimum atomic E-state index is -0.780. The van der Waals surface area contributed by atoms with Gasteiger partial charge in [0.05, 0.1) is 0 Å². The molecule has 0 spiro atoms. The highest BCUT2D eigenvalue weighted by Crippen LogP contribution is 2.34. The quantitative estimate of drug-likeness (QED) is 0.247. The van der Waals surface area contributed by atoms with Gasteiger partial charge in [0, 0.05) is 10.5 Å². The Kier molecular flexibility index (Phi) is 12.5. The van der Waals surface area contributed by atoms with Crippen molar-refractivity contribution >= 4 is 17.3 Å². The Hall–Kier alpha value is -2.00. The van der Waals surface area contributed by atoms with Crippen LogP contribution in [0.1, 0.15) is 99.0 Å². The van der Waals surface area contributed by atoms with Gasteiger partial charge in [0.15, 0.2) is 0 Å². The van der Waals surface area contributed by atoms with E-state index in [9.17, 15) is 4.39 Å². The van der Waals surface area contributed by atoms with Crippen molar-refractivity contribution in [1.29, 1.82) is 0 Å². The van der Waals surface area contributed by atoms with Crippen LogP contribution < -0.4 is 0 Å². The van der Waals surface area contributed by atoms with Crippen LogP contribution in [0.3, 0.4) is 0 Å². The van der Waals surface area contributed by atoms with Crippen LogP contribution in [0.4, 0.5) is 4.39 Å². The first-order chi connectivity index (χ1) is 17.5. The molecule has 2 aliphatic rings. The van der Waals surface area contributed by atoms with Crippen LogP contribution in [0.25, 0.3) is 5.57 Å². The third-order valence-corrected chi connectivity index (χ3v) is 8.17. The van der Waals surface area contributed by atoms with Crippen molar-refractivity contribution in [1.82, 2.24) is 0 Å². The summed E-state index contributed by atoms with van der Waals surface area (Å²) in [7, 11) is 0. The zero-order valence-electron chi connectivity index (χ0n) is 24.6. The van der Waals surface area contributed by atoms with Crippen molar-refractivity contribution in [3.63, 3.8) is 0 Å². The molecule has 37 heavy (non-hydrogen) atoms. The highest BCUT2D eigenvalue weighted by atomic mass is 32.2. The maximum atomic E-state index is 13.3. The Labute approximate surface area is 231 Å². The summed E-state index contributed by atoms with van der Waals surface area (Å²) in [6, 6.07) is 8.83. The molecular formula is C34H49FOS. The normalized spacial score (nSPS) is 18.4. The first-order valence-corrected chi connectivity index (χ1v) is 15.1. The molecule has 0 N–H and O–H groups in total. The number of hydrogen-bond donors (Lipinski definition) is 0. The first-order valence-electron chi connectivity index (χ1n) is 13.9. The van der Waals surface area contributed by atoms with E-state index in [0.29, 0.717) is 18.9 Å². The van der Waals surface area contributed by atoms with Crippen LogP contribution in [-0.4, -0.2) is 18.5 Å². The molecule has 1 saturated carbocycles. The van der Waals surface area contributed by atoms with Gasteiger partial charge in [-0.25, -0.2) is 4.39 Å². The molecule has 0 aromatic heterocycles. The lowest BCUT2D eigenvalue weighted by Crippen LogP contribution is -2.24. The molecule has 204 valence electrons. The van der Waals surface area contributed by atoms with Crippen LogP contribution in [0.2, 0.25) is 0 Å². The summed E-state index contributed by atoms with van der Waals surface area (Å²) in [5.41, 5.74) is 7.98. The second kappa shape index (κ2) is 14.8. The fourth-order valence-corrected chi connectivity index (χ4v) is 5.54. The summed E-state index contributed by atoms with van der Waals surface area (Å²) in [5, 5.41) is 0. The van der Waals surface area contributed by atoms with Crippen LogP contribution in [0.5, 0.6) is 0 Å². The summed E-state index contributed by atoms with van der Waals surface area (Å²) < 4.78 is 19.1. The minimum Gasteiger partial charge on any atom is -0.493 e. The molecule has 1 aromatic rings. The van der Waals surface area contributed by atoms with E-state index in [4.69, 9.17) is 4.74 Å². The topological polar surface area (TPSA) is 9.23 Å². The fraction of sp³-hybridized carbons (Fsp3) is 0.529. The van der Waals surface area contributed by atoms with E-state index in [1.54, 1.807) is 11.8 Å². The summed E-state index contributed by atoms with van der Waals surface area (Å²) in [6.07, 6.45) is 13.4. The Morgan fingerprint density at radius 3 is 2.41 bits per heavy atom. The average molecular weight is 525 g/mol. The van der Waals surface area contributed by atoms with Crippen molar-refractivity contribution in [2.75, 3.05) is 12.9 Å². The molecule has 1 heterocycles. The number of halogens is 1. The Morgan fingerprint density at radius 2 is 1.84 bits per heavy atom. The lowest BCUT2D eigenvalue weighted by molar-refractivity contribution is 0.102. The largest absolute Gasteiger partial charge is 0.493 e. The Balaban J connectivity index is 0.000000449. The van der Waals surface area contributed by atoms with Crippen LogP contribution in [-0.2, 0) is 4.74 Å². The molecule has 1 fully saturated rings. The van der Waals surface area contributed by atoms with Gasteiger partial charge in [-0.3, -0.25) is 0 Å². The SMILES string of the molecule is C=C(/C=C(/C)C/C(=C\C(C)C)c1cccc(SC)c1)C1=C(C)OCC(C)=C1C.CCC1(F)CCCCC1. The van der Waals surface area contributed by atoms with Gasteiger partial charge in [-0.2, -0.15) is 0 Å². The number of ether oxygens (including phenoxy) is 1. The van der Waals surface area contributed by atoms with Gasteiger partial charge in [-0.05, 0) is 106 Å². The molecule has 3 heteroatoms. The number of benzene rings is 1. The van der Waals surface area contributed by atoms with Gasteiger partial charge in [-0.1, -0.05) is 76.5 Å². The number of thioether (sulfide) groups is 1. The van der Waals surface area contributed by atoms with Crippen LogP contribution in [0, 0.1) is 5.92 Å². The first kappa shape index (κ1) is 31.2. The lowest BCUT2D eigenvalue weighted by atomic mass is 9.85. The van der Waals surface area contributed by atoms with Crippen LogP contribution >= 0.6 is 11.8 Å². The highest BCUT2D eigenvalue weighted by Gasteiger charge is 2.28. The summed E-state index contributed by atoms with van der Waals surface area (Å²) in [4.78, 5) is 1.30. The van der Waals surface area contributed by atoms with E-state index < -0.39 is 5.67 Å². The predicted molar refractivity (Wildman–Crippen MR) is 163 cm³/mol. The van der Waals surface area contributed by atoms with Gasteiger partial charge in [0.2, 0.25) is 0 Å².